The van der Waals surface area contributed by atoms with Crippen LogP contribution in [0.4, 0.5) is 5.69 Å². The molecule has 3 rings (SSSR count). The van der Waals surface area contributed by atoms with Gasteiger partial charge in [0.1, 0.15) is 5.75 Å². The summed E-state index contributed by atoms with van der Waals surface area (Å²) in [5, 5.41) is 12.4. The maximum absolute atomic E-state index is 12.5. The first-order valence-corrected chi connectivity index (χ1v) is 11.6. The van der Waals surface area contributed by atoms with Crippen LogP contribution in [-0.4, -0.2) is 26.4 Å². The van der Waals surface area contributed by atoms with Crippen LogP contribution in [0.2, 0.25) is 0 Å². The van der Waals surface area contributed by atoms with Crippen molar-refractivity contribution in [3.63, 3.8) is 0 Å². The van der Waals surface area contributed by atoms with E-state index in [-0.39, 0.29) is 17.8 Å². The summed E-state index contributed by atoms with van der Waals surface area (Å²) in [5.74, 6) is 1.76. The molecule has 1 unspecified atom stereocenters. The fourth-order valence-electron chi connectivity index (χ4n) is 3.38. The molecule has 0 fully saturated rings. The molecule has 3 aromatic rings. The second kappa shape index (κ2) is 10.5. The molecule has 0 aliphatic heterocycles. The molecule has 0 saturated heterocycles. The molecule has 0 bridgehead atoms. The summed E-state index contributed by atoms with van der Waals surface area (Å²) in [6, 6.07) is 14.1. The second-order valence-corrected chi connectivity index (χ2v) is 8.39. The van der Waals surface area contributed by atoms with Crippen LogP contribution in [0, 0.1) is 13.8 Å². The third-order valence-electron chi connectivity index (χ3n) is 5.15. The topological polar surface area (TPSA) is 69.0 Å². The molecule has 0 radical (unpaired) electrons. The lowest BCUT2D eigenvalue weighted by atomic mass is 10.1. The molecule has 0 aliphatic carbocycles. The standard InChI is InChI=1S/C24H30N4O2S/c1-6-19-11-13-20(14-12-19)30-18(5)23-26-27-24(28(23)7-2)31-15-21(29)25-22-16(3)9-8-10-17(22)4/h8-14,18H,6-7,15H2,1-5H3,(H,25,29). The number of para-hydroxylation sites is 1. The largest absolute Gasteiger partial charge is 0.483 e. The molecule has 0 spiro atoms. The Kier molecular flexibility index (Phi) is 7.74. The van der Waals surface area contributed by atoms with E-state index in [1.165, 1.54) is 17.3 Å². The van der Waals surface area contributed by atoms with Gasteiger partial charge in [-0.1, -0.05) is 49.0 Å². The third-order valence-corrected chi connectivity index (χ3v) is 6.11. The monoisotopic (exact) mass is 438 g/mol. The quantitative estimate of drug-likeness (QED) is 0.456. The number of hydrogen-bond acceptors (Lipinski definition) is 5. The normalized spacial score (nSPS) is 11.9. The van der Waals surface area contributed by atoms with Crippen LogP contribution in [0.3, 0.4) is 0 Å². The minimum absolute atomic E-state index is 0.0603. The summed E-state index contributed by atoms with van der Waals surface area (Å²) < 4.78 is 8.08. The van der Waals surface area contributed by atoms with Crippen molar-refractivity contribution in [3.05, 3.63) is 65.0 Å². The molecular formula is C24H30N4O2S. The number of benzene rings is 2. The van der Waals surface area contributed by atoms with Gasteiger partial charge in [0.25, 0.3) is 0 Å². The number of hydrogen-bond donors (Lipinski definition) is 1. The first-order valence-electron chi connectivity index (χ1n) is 10.6. The Morgan fingerprint density at radius 3 is 2.39 bits per heavy atom. The number of anilines is 1. The first kappa shape index (κ1) is 22.9. The Bertz CT molecular complexity index is 1010. The van der Waals surface area contributed by atoms with E-state index < -0.39 is 0 Å². The Morgan fingerprint density at radius 1 is 1.10 bits per heavy atom. The number of carbonyl (C=O) groups is 1. The van der Waals surface area contributed by atoms with Crippen LogP contribution in [0.25, 0.3) is 0 Å². The summed E-state index contributed by atoms with van der Waals surface area (Å²) in [6.07, 6.45) is 0.745. The molecule has 7 heteroatoms. The predicted molar refractivity (Wildman–Crippen MR) is 126 cm³/mol. The third kappa shape index (κ3) is 5.67. The Balaban J connectivity index is 1.64. The molecule has 1 amide bonds. The summed E-state index contributed by atoms with van der Waals surface area (Å²) in [7, 11) is 0. The molecule has 164 valence electrons. The maximum atomic E-state index is 12.5. The number of rotatable bonds is 9. The van der Waals surface area contributed by atoms with Crippen LogP contribution < -0.4 is 10.1 Å². The second-order valence-electron chi connectivity index (χ2n) is 7.45. The van der Waals surface area contributed by atoms with Gasteiger partial charge in [0.05, 0.1) is 5.75 Å². The van der Waals surface area contributed by atoms with Crippen LogP contribution in [0.15, 0.2) is 47.6 Å². The van der Waals surface area contributed by atoms with Gasteiger partial charge in [-0.25, -0.2) is 0 Å². The summed E-state index contributed by atoms with van der Waals surface area (Å²) in [4.78, 5) is 12.5. The van der Waals surface area contributed by atoms with Gasteiger partial charge >= 0.3 is 0 Å². The molecular weight excluding hydrogens is 408 g/mol. The lowest BCUT2D eigenvalue weighted by molar-refractivity contribution is -0.113. The fourth-order valence-corrected chi connectivity index (χ4v) is 4.19. The summed E-state index contributed by atoms with van der Waals surface area (Å²) in [6.45, 7) is 10.8. The highest BCUT2D eigenvalue weighted by molar-refractivity contribution is 7.99. The minimum atomic E-state index is -0.252. The zero-order valence-electron chi connectivity index (χ0n) is 18.8. The van der Waals surface area contributed by atoms with E-state index in [9.17, 15) is 4.79 Å². The van der Waals surface area contributed by atoms with Crippen LogP contribution in [-0.2, 0) is 17.8 Å². The van der Waals surface area contributed by atoms with Gasteiger partial charge < -0.3 is 14.6 Å². The van der Waals surface area contributed by atoms with E-state index in [1.807, 2.05) is 62.6 Å². The number of aromatic nitrogens is 3. The van der Waals surface area contributed by atoms with Crippen molar-refractivity contribution >= 4 is 23.4 Å². The van der Waals surface area contributed by atoms with Gasteiger partial charge in [0.15, 0.2) is 17.1 Å². The lowest BCUT2D eigenvalue weighted by Gasteiger charge is -2.16. The number of aryl methyl sites for hydroxylation is 3. The van der Waals surface area contributed by atoms with E-state index in [4.69, 9.17) is 4.74 Å². The number of nitrogens with one attached hydrogen (secondary N) is 1. The van der Waals surface area contributed by atoms with Gasteiger partial charge in [-0.3, -0.25) is 4.79 Å². The molecule has 1 atom stereocenters. The fraction of sp³-hybridized carbons (Fsp3) is 0.375. The summed E-state index contributed by atoms with van der Waals surface area (Å²) >= 11 is 1.38. The van der Waals surface area contributed by atoms with Crippen molar-refractivity contribution in [1.29, 1.82) is 0 Å². The predicted octanol–water partition coefficient (Wildman–Crippen LogP) is 5.35. The van der Waals surface area contributed by atoms with Crippen molar-refractivity contribution in [2.45, 2.75) is 58.8 Å². The Labute approximate surface area is 188 Å². The smallest absolute Gasteiger partial charge is 0.234 e. The van der Waals surface area contributed by atoms with E-state index in [0.717, 1.165) is 34.8 Å². The van der Waals surface area contributed by atoms with E-state index in [2.05, 4.69) is 34.6 Å². The zero-order chi connectivity index (χ0) is 22.4. The van der Waals surface area contributed by atoms with Crippen molar-refractivity contribution in [1.82, 2.24) is 14.8 Å². The highest BCUT2D eigenvalue weighted by Crippen LogP contribution is 2.26. The zero-order valence-corrected chi connectivity index (χ0v) is 19.6. The molecule has 1 N–H and O–H groups in total. The summed E-state index contributed by atoms with van der Waals surface area (Å²) in [5.41, 5.74) is 4.25. The number of nitrogens with zero attached hydrogens (tertiary/aromatic N) is 3. The number of thioether (sulfide) groups is 1. The average Bonchev–Trinajstić information content (AvgIpc) is 3.18. The van der Waals surface area contributed by atoms with Crippen LogP contribution in [0.1, 0.15) is 49.4 Å². The van der Waals surface area contributed by atoms with Gasteiger partial charge in [0, 0.05) is 12.2 Å². The molecule has 2 aromatic carbocycles. The van der Waals surface area contributed by atoms with Gasteiger partial charge in [-0.15, -0.1) is 10.2 Å². The molecule has 6 nitrogen and oxygen atoms in total. The maximum Gasteiger partial charge on any atom is 0.234 e. The van der Waals surface area contributed by atoms with Crippen LogP contribution >= 0.6 is 11.8 Å². The SMILES string of the molecule is CCc1ccc(OC(C)c2nnc(SCC(=O)Nc3c(C)cccc3C)n2CC)cc1. The minimum Gasteiger partial charge on any atom is -0.483 e. The Hall–Kier alpha value is -2.80. The number of amides is 1. The Morgan fingerprint density at radius 2 is 1.77 bits per heavy atom. The van der Waals surface area contributed by atoms with Crippen molar-refractivity contribution in [2.24, 2.45) is 0 Å². The van der Waals surface area contributed by atoms with Crippen molar-refractivity contribution < 1.29 is 9.53 Å². The van der Waals surface area contributed by atoms with Gasteiger partial charge in [0.2, 0.25) is 5.91 Å². The lowest BCUT2D eigenvalue weighted by Crippen LogP contribution is -2.16. The van der Waals surface area contributed by atoms with Crippen molar-refractivity contribution in [2.75, 3.05) is 11.1 Å². The van der Waals surface area contributed by atoms with Crippen molar-refractivity contribution in [3.8, 4) is 5.75 Å². The van der Waals surface area contributed by atoms with Gasteiger partial charge in [-0.2, -0.15) is 0 Å². The first-order chi connectivity index (χ1) is 14.9. The molecule has 1 aromatic heterocycles. The molecule has 31 heavy (non-hydrogen) atoms. The molecule has 0 aliphatic rings. The number of ether oxygens (including phenoxy) is 1. The molecule has 1 heterocycles. The van der Waals surface area contributed by atoms with E-state index in [0.29, 0.717) is 11.7 Å². The average molecular weight is 439 g/mol. The number of carbonyl (C=O) groups excluding carboxylic acids is 1. The van der Waals surface area contributed by atoms with Crippen LogP contribution in [0.5, 0.6) is 5.75 Å². The highest BCUT2D eigenvalue weighted by Gasteiger charge is 2.19. The molecule has 0 saturated carbocycles. The van der Waals surface area contributed by atoms with E-state index >= 15 is 0 Å². The van der Waals surface area contributed by atoms with E-state index in [1.54, 1.807) is 0 Å². The highest BCUT2D eigenvalue weighted by atomic mass is 32.2. The van der Waals surface area contributed by atoms with Gasteiger partial charge in [-0.05, 0) is 62.9 Å².